The minimum Gasteiger partial charge on any atom is -0.493 e. The van der Waals surface area contributed by atoms with Gasteiger partial charge < -0.3 is 24.3 Å². The molecule has 2 aromatic rings. The van der Waals surface area contributed by atoms with Crippen LogP contribution in [-0.4, -0.2) is 61.4 Å². The predicted octanol–water partition coefficient (Wildman–Crippen LogP) is 4.05. The molecule has 2 atom stereocenters. The first kappa shape index (κ1) is 23.6. The van der Waals surface area contributed by atoms with Gasteiger partial charge in [0.2, 0.25) is 0 Å². The lowest BCUT2D eigenvalue weighted by molar-refractivity contribution is -0.109. The highest BCUT2D eigenvalue weighted by Gasteiger charge is 2.32. The third-order valence-corrected chi connectivity index (χ3v) is 6.88. The van der Waals surface area contributed by atoms with Crippen LogP contribution in [0.4, 0.5) is 5.69 Å². The lowest BCUT2D eigenvalue weighted by atomic mass is 10.0. The quantitative estimate of drug-likeness (QED) is 0.549. The normalized spacial score (nSPS) is 20.5. The van der Waals surface area contributed by atoms with Crippen LogP contribution < -0.4 is 14.4 Å². The molecule has 0 radical (unpaired) electrons. The number of hydrogen-bond donors (Lipinski definition) is 1. The molecule has 0 spiro atoms. The Morgan fingerprint density at radius 3 is 2.61 bits per heavy atom. The number of hydrogen-bond acceptors (Lipinski definition) is 6. The maximum atomic E-state index is 10.8. The molecule has 1 saturated carbocycles. The maximum Gasteiger partial charge on any atom is 0.163 e. The number of aldehydes is 1. The molecule has 2 fully saturated rings. The van der Waals surface area contributed by atoms with Gasteiger partial charge in [0.15, 0.2) is 11.5 Å². The minimum atomic E-state index is -0.608. The molecule has 6 heteroatoms. The van der Waals surface area contributed by atoms with Crippen LogP contribution in [0.2, 0.25) is 0 Å². The molecule has 178 valence electrons. The Balaban J connectivity index is 1.52. The number of aliphatic hydroxyl groups excluding tert-OH is 1. The van der Waals surface area contributed by atoms with E-state index in [0.29, 0.717) is 12.8 Å². The SMILES string of the molecule is COc1ccc(N2CCN([C@@H](O)CCC=O)C(Cc3ccccc3)C2)cc1OC1CCCC1. The summed E-state index contributed by atoms with van der Waals surface area (Å²) in [5.41, 5.74) is 2.36. The number of ether oxygens (including phenoxy) is 2. The fourth-order valence-corrected chi connectivity index (χ4v) is 5.09. The van der Waals surface area contributed by atoms with E-state index in [1.54, 1.807) is 7.11 Å². The van der Waals surface area contributed by atoms with E-state index in [-0.39, 0.29) is 12.1 Å². The van der Waals surface area contributed by atoms with E-state index in [2.05, 4.69) is 46.2 Å². The van der Waals surface area contributed by atoms with Crippen molar-refractivity contribution >= 4 is 12.0 Å². The summed E-state index contributed by atoms with van der Waals surface area (Å²) in [5.74, 6) is 1.59. The highest BCUT2D eigenvalue weighted by Crippen LogP contribution is 2.36. The standard InChI is InChI=1S/C27H36N2O4/c1-32-25-14-13-22(19-26(25)33-24-10-5-6-11-24)28-15-16-29(27(31)12-7-17-30)23(20-28)18-21-8-3-2-4-9-21/h2-4,8-9,13-14,17,19,23-24,27,31H,5-7,10-12,15-16,18,20H2,1H3/t23?,27-/m0/s1. The third-order valence-electron chi connectivity index (χ3n) is 6.88. The molecular formula is C27H36N2O4. The molecule has 1 heterocycles. The summed E-state index contributed by atoms with van der Waals surface area (Å²) < 4.78 is 11.9. The first-order chi connectivity index (χ1) is 16.2. The van der Waals surface area contributed by atoms with Crippen LogP contribution in [0.1, 0.15) is 44.1 Å². The summed E-state index contributed by atoms with van der Waals surface area (Å²) in [5, 5.41) is 10.8. The van der Waals surface area contributed by atoms with Gasteiger partial charge in [-0.1, -0.05) is 30.3 Å². The van der Waals surface area contributed by atoms with Gasteiger partial charge in [-0.2, -0.15) is 0 Å². The second kappa shape index (κ2) is 11.5. The highest BCUT2D eigenvalue weighted by molar-refractivity contribution is 5.57. The number of aliphatic hydroxyl groups is 1. The molecule has 0 bridgehead atoms. The van der Waals surface area contributed by atoms with Gasteiger partial charge in [-0.05, 0) is 56.2 Å². The molecule has 0 aromatic heterocycles. The van der Waals surface area contributed by atoms with Gasteiger partial charge in [0.1, 0.15) is 12.5 Å². The van der Waals surface area contributed by atoms with Crippen molar-refractivity contribution in [1.82, 2.24) is 4.90 Å². The summed E-state index contributed by atoms with van der Waals surface area (Å²) in [4.78, 5) is 15.4. The van der Waals surface area contributed by atoms with Gasteiger partial charge in [-0.25, -0.2) is 0 Å². The lowest BCUT2D eigenvalue weighted by Crippen LogP contribution is -2.57. The fourth-order valence-electron chi connectivity index (χ4n) is 5.09. The summed E-state index contributed by atoms with van der Waals surface area (Å²) in [7, 11) is 1.69. The van der Waals surface area contributed by atoms with E-state index in [1.165, 1.54) is 18.4 Å². The van der Waals surface area contributed by atoms with Gasteiger partial charge in [-0.15, -0.1) is 0 Å². The Labute approximate surface area is 197 Å². The zero-order chi connectivity index (χ0) is 23.0. The monoisotopic (exact) mass is 452 g/mol. The van der Waals surface area contributed by atoms with E-state index in [1.807, 2.05) is 12.1 Å². The number of benzene rings is 2. The summed E-state index contributed by atoms with van der Waals surface area (Å²) >= 11 is 0. The van der Waals surface area contributed by atoms with Crippen LogP contribution in [0, 0.1) is 0 Å². The number of carbonyl (C=O) groups is 1. The molecule has 1 aliphatic carbocycles. The number of piperazine rings is 1. The van der Waals surface area contributed by atoms with E-state index < -0.39 is 6.23 Å². The van der Waals surface area contributed by atoms with Gasteiger partial charge in [0, 0.05) is 43.9 Å². The average Bonchev–Trinajstić information content (AvgIpc) is 3.36. The van der Waals surface area contributed by atoms with Gasteiger partial charge in [-0.3, -0.25) is 4.90 Å². The first-order valence-corrected chi connectivity index (χ1v) is 12.2. The number of nitrogens with zero attached hydrogens (tertiary/aromatic N) is 2. The molecule has 1 unspecified atom stereocenters. The second-order valence-electron chi connectivity index (χ2n) is 9.11. The Morgan fingerprint density at radius 2 is 1.88 bits per heavy atom. The number of carbonyl (C=O) groups excluding carboxylic acids is 1. The molecule has 2 aliphatic rings. The number of methoxy groups -OCH3 is 1. The molecule has 6 nitrogen and oxygen atoms in total. The van der Waals surface area contributed by atoms with Crippen molar-refractivity contribution in [2.24, 2.45) is 0 Å². The molecule has 0 amide bonds. The Kier molecular flexibility index (Phi) is 8.24. The average molecular weight is 453 g/mol. The summed E-state index contributed by atoms with van der Waals surface area (Å²) in [6.45, 7) is 2.34. The van der Waals surface area contributed by atoms with Crippen molar-refractivity contribution in [2.45, 2.75) is 63.3 Å². The van der Waals surface area contributed by atoms with Crippen LogP contribution in [0.25, 0.3) is 0 Å². The molecule has 4 rings (SSSR count). The molecule has 1 aliphatic heterocycles. The first-order valence-electron chi connectivity index (χ1n) is 12.2. The second-order valence-corrected chi connectivity index (χ2v) is 9.11. The molecule has 1 saturated heterocycles. The molecule has 33 heavy (non-hydrogen) atoms. The predicted molar refractivity (Wildman–Crippen MR) is 130 cm³/mol. The zero-order valence-corrected chi connectivity index (χ0v) is 19.6. The summed E-state index contributed by atoms with van der Waals surface area (Å²) in [6.07, 6.45) is 6.88. The summed E-state index contributed by atoms with van der Waals surface area (Å²) in [6, 6.07) is 16.7. The van der Waals surface area contributed by atoms with Crippen molar-refractivity contribution in [3.8, 4) is 11.5 Å². The smallest absolute Gasteiger partial charge is 0.163 e. The van der Waals surface area contributed by atoms with Crippen LogP contribution in [0.15, 0.2) is 48.5 Å². The maximum absolute atomic E-state index is 10.8. The van der Waals surface area contributed by atoms with Crippen molar-refractivity contribution in [1.29, 1.82) is 0 Å². The minimum absolute atomic E-state index is 0.143. The van der Waals surface area contributed by atoms with Gasteiger partial charge in [0.25, 0.3) is 0 Å². The zero-order valence-electron chi connectivity index (χ0n) is 19.6. The van der Waals surface area contributed by atoms with Gasteiger partial charge >= 0.3 is 0 Å². The van der Waals surface area contributed by atoms with E-state index in [0.717, 1.165) is 62.4 Å². The molecule has 2 aromatic carbocycles. The number of rotatable bonds is 10. The lowest BCUT2D eigenvalue weighted by Gasteiger charge is -2.44. The van der Waals surface area contributed by atoms with E-state index in [9.17, 15) is 9.90 Å². The fraction of sp³-hybridized carbons (Fsp3) is 0.519. The Morgan fingerprint density at radius 1 is 1.09 bits per heavy atom. The van der Waals surface area contributed by atoms with Crippen molar-refractivity contribution in [3.63, 3.8) is 0 Å². The Bertz CT molecular complexity index is 885. The topological polar surface area (TPSA) is 62.2 Å². The van der Waals surface area contributed by atoms with Crippen molar-refractivity contribution < 1.29 is 19.4 Å². The van der Waals surface area contributed by atoms with Crippen LogP contribution >= 0.6 is 0 Å². The van der Waals surface area contributed by atoms with E-state index >= 15 is 0 Å². The van der Waals surface area contributed by atoms with Crippen LogP contribution in [0.3, 0.4) is 0 Å². The highest BCUT2D eigenvalue weighted by atomic mass is 16.5. The van der Waals surface area contributed by atoms with Crippen LogP contribution in [-0.2, 0) is 11.2 Å². The van der Waals surface area contributed by atoms with Crippen molar-refractivity contribution in [2.75, 3.05) is 31.6 Å². The molecular weight excluding hydrogens is 416 g/mol. The van der Waals surface area contributed by atoms with Crippen LogP contribution in [0.5, 0.6) is 11.5 Å². The van der Waals surface area contributed by atoms with Crippen molar-refractivity contribution in [3.05, 3.63) is 54.1 Å². The number of anilines is 1. The third kappa shape index (κ3) is 6.06. The Hall–Kier alpha value is -2.57. The van der Waals surface area contributed by atoms with E-state index in [4.69, 9.17) is 9.47 Å². The van der Waals surface area contributed by atoms with Gasteiger partial charge in [0.05, 0.1) is 13.2 Å². The molecule has 1 N–H and O–H groups in total. The largest absolute Gasteiger partial charge is 0.493 e.